The third kappa shape index (κ3) is 6.40. The number of nitrogens with zero attached hydrogens (tertiary/aromatic N) is 1. The molecule has 5 nitrogen and oxygen atoms in total. The van der Waals surface area contributed by atoms with Crippen molar-refractivity contribution in [3.8, 4) is 0 Å². The van der Waals surface area contributed by atoms with E-state index >= 15 is 0 Å². The van der Waals surface area contributed by atoms with Gasteiger partial charge in [0.2, 0.25) is 15.9 Å². The van der Waals surface area contributed by atoms with Crippen LogP contribution in [-0.4, -0.2) is 27.1 Å². The summed E-state index contributed by atoms with van der Waals surface area (Å²) in [5.74, 6) is -0.103. The van der Waals surface area contributed by atoms with E-state index < -0.39 is 10.0 Å². The summed E-state index contributed by atoms with van der Waals surface area (Å²) in [6.45, 7) is 0.700. The van der Waals surface area contributed by atoms with Crippen molar-refractivity contribution in [2.45, 2.75) is 19.4 Å². The quantitative estimate of drug-likeness (QED) is 0.764. The van der Waals surface area contributed by atoms with E-state index in [4.69, 9.17) is 11.6 Å². The molecule has 0 saturated heterocycles. The highest BCUT2D eigenvalue weighted by Gasteiger charge is 2.17. The van der Waals surface area contributed by atoms with Crippen molar-refractivity contribution in [2.75, 3.05) is 17.1 Å². The summed E-state index contributed by atoms with van der Waals surface area (Å²) in [5, 5.41) is 3.37. The molecule has 7 heteroatoms. The van der Waals surface area contributed by atoms with E-state index in [-0.39, 0.29) is 18.9 Å². The molecule has 2 aromatic rings. The molecular weight excluding hydrogens is 360 g/mol. The minimum absolute atomic E-state index is 0.103. The third-order valence-electron chi connectivity index (χ3n) is 3.61. The topological polar surface area (TPSA) is 66.5 Å². The number of sulfonamides is 1. The fourth-order valence-corrected chi connectivity index (χ4v) is 3.45. The van der Waals surface area contributed by atoms with Crippen molar-refractivity contribution in [1.82, 2.24) is 5.32 Å². The number of hydrogen-bond acceptors (Lipinski definition) is 3. The van der Waals surface area contributed by atoms with Crippen molar-refractivity contribution in [1.29, 1.82) is 0 Å². The van der Waals surface area contributed by atoms with Crippen LogP contribution < -0.4 is 9.62 Å². The molecule has 2 aromatic carbocycles. The van der Waals surface area contributed by atoms with E-state index in [0.29, 0.717) is 23.7 Å². The van der Waals surface area contributed by atoms with Gasteiger partial charge >= 0.3 is 0 Å². The molecule has 25 heavy (non-hydrogen) atoms. The zero-order valence-corrected chi connectivity index (χ0v) is 15.6. The molecule has 2 rings (SSSR count). The van der Waals surface area contributed by atoms with Crippen molar-refractivity contribution in [3.63, 3.8) is 0 Å². The molecule has 0 fully saturated rings. The Morgan fingerprint density at radius 2 is 1.72 bits per heavy atom. The lowest BCUT2D eigenvalue weighted by atomic mass is 10.2. The fourth-order valence-electron chi connectivity index (χ4n) is 2.36. The number of rotatable bonds is 8. The second kappa shape index (κ2) is 8.87. The van der Waals surface area contributed by atoms with Crippen molar-refractivity contribution in [3.05, 3.63) is 65.2 Å². The molecule has 0 aromatic heterocycles. The number of nitrogens with one attached hydrogen (secondary N) is 1. The lowest BCUT2D eigenvalue weighted by Gasteiger charge is -2.22. The third-order valence-corrected chi connectivity index (χ3v) is 5.06. The van der Waals surface area contributed by atoms with E-state index in [2.05, 4.69) is 5.32 Å². The molecule has 0 spiro atoms. The van der Waals surface area contributed by atoms with Crippen LogP contribution in [0.15, 0.2) is 54.6 Å². The van der Waals surface area contributed by atoms with Gasteiger partial charge in [-0.05, 0) is 36.2 Å². The lowest BCUT2D eigenvalue weighted by molar-refractivity contribution is -0.121. The monoisotopic (exact) mass is 380 g/mol. The standard InChI is InChI=1S/C18H21ClN2O3S/c1-25(23,24)21(17-11-9-16(19)10-12-17)13-5-8-18(22)20-14-15-6-3-2-4-7-15/h2-4,6-7,9-12H,5,8,13-14H2,1H3,(H,20,22). The number of amides is 1. The van der Waals surface area contributed by atoms with Gasteiger partial charge in [0.1, 0.15) is 0 Å². The molecule has 0 saturated carbocycles. The molecule has 0 aliphatic rings. The minimum atomic E-state index is -3.43. The second-order valence-corrected chi connectivity index (χ2v) is 8.02. The van der Waals surface area contributed by atoms with E-state index in [1.54, 1.807) is 24.3 Å². The molecule has 0 radical (unpaired) electrons. The Labute approximate surface area is 153 Å². The Morgan fingerprint density at radius 3 is 2.32 bits per heavy atom. The molecule has 1 N–H and O–H groups in total. The van der Waals surface area contributed by atoms with Crippen LogP contribution in [0, 0.1) is 0 Å². The summed E-state index contributed by atoms with van der Waals surface area (Å²) in [6, 6.07) is 16.2. The summed E-state index contributed by atoms with van der Waals surface area (Å²) < 4.78 is 25.3. The first-order valence-corrected chi connectivity index (χ1v) is 10.1. The van der Waals surface area contributed by atoms with Crippen LogP contribution in [0.3, 0.4) is 0 Å². The van der Waals surface area contributed by atoms with Gasteiger partial charge in [-0.15, -0.1) is 0 Å². The van der Waals surface area contributed by atoms with Crippen LogP contribution >= 0.6 is 11.6 Å². The molecule has 1 amide bonds. The summed E-state index contributed by atoms with van der Waals surface area (Å²) in [5.41, 5.74) is 1.56. The van der Waals surface area contributed by atoms with Crippen LogP contribution in [0.25, 0.3) is 0 Å². The maximum Gasteiger partial charge on any atom is 0.232 e. The smallest absolute Gasteiger partial charge is 0.232 e. The van der Waals surface area contributed by atoms with Gasteiger partial charge in [-0.25, -0.2) is 8.42 Å². The minimum Gasteiger partial charge on any atom is -0.352 e. The molecule has 0 aliphatic carbocycles. The predicted molar refractivity (Wildman–Crippen MR) is 101 cm³/mol. The Bertz CT molecular complexity index is 793. The fraction of sp³-hybridized carbons (Fsp3) is 0.278. The number of halogens is 1. The van der Waals surface area contributed by atoms with Gasteiger partial charge < -0.3 is 5.32 Å². The largest absolute Gasteiger partial charge is 0.352 e. The highest BCUT2D eigenvalue weighted by Crippen LogP contribution is 2.20. The zero-order valence-electron chi connectivity index (χ0n) is 14.0. The van der Waals surface area contributed by atoms with Crippen molar-refractivity contribution < 1.29 is 13.2 Å². The van der Waals surface area contributed by atoms with Gasteiger partial charge in [0.05, 0.1) is 11.9 Å². The van der Waals surface area contributed by atoms with Crippen molar-refractivity contribution in [2.24, 2.45) is 0 Å². The van der Waals surface area contributed by atoms with E-state index in [9.17, 15) is 13.2 Å². The Kier molecular flexibility index (Phi) is 6.84. The van der Waals surface area contributed by atoms with Gasteiger partial charge in [-0.3, -0.25) is 9.10 Å². The summed E-state index contributed by atoms with van der Waals surface area (Å²) in [6.07, 6.45) is 1.83. The van der Waals surface area contributed by atoms with Crippen LogP contribution in [0.5, 0.6) is 0 Å². The number of anilines is 1. The van der Waals surface area contributed by atoms with Gasteiger partial charge in [0, 0.05) is 24.5 Å². The number of benzene rings is 2. The second-order valence-electron chi connectivity index (χ2n) is 5.68. The summed E-state index contributed by atoms with van der Waals surface area (Å²) >= 11 is 5.84. The first-order chi connectivity index (χ1) is 11.9. The van der Waals surface area contributed by atoms with Crippen molar-refractivity contribution >= 4 is 33.2 Å². The molecule has 0 atom stereocenters. The first kappa shape index (κ1) is 19.3. The van der Waals surface area contributed by atoms with E-state index in [0.717, 1.165) is 11.8 Å². The summed E-state index contributed by atoms with van der Waals surface area (Å²) in [7, 11) is -3.43. The first-order valence-electron chi connectivity index (χ1n) is 7.90. The van der Waals surface area contributed by atoms with E-state index in [1.807, 2.05) is 30.3 Å². The van der Waals surface area contributed by atoms with Gasteiger partial charge in [0.15, 0.2) is 0 Å². The van der Waals surface area contributed by atoms with Gasteiger partial charge in [-0.2, -0.15) is 0 Å². The maximum absolute atomic E-state index is 12.0. The molecule has 0 heterocycles. The zero-order chi connectivity index (χ0) is 18.3. The average Bonchev–Trinajstić information content (AvgIpc) is 2.58. The van der Waals surface area contributed by atoms with Crippen LogP contribution in [0.4, 0.5) is 5.69 Å². The molecular formula is C18H21ClN2O3S. The molecule has 0 bridgehead atoms. The average molecular weight is 381 g/mol. The molecule has 134 valence electrons. The van der Waals surface area contributed by atoms with Gasteiger partial charge in [-0.1, -0.05) is 41.9 Å². The lowest BCUT2D eigenvalue weighted by Crippen LogP contribution is -2.32. The maximum atomic E-state index is 12.0. The Balaban J connectivity index is 1.86. The van der Waals surface area contributed by atoms with Gasteiger partial charge in [0.25, 0.3) is 0 Å². The number of carbonyl (C=O) groups is 1. The highest BCUT2D eigenvalue weighted by atomic mass is 35.5. The van der Waals surface area contributed by atoms with Crippen LogP contribution in [0.1, 0.15) is 18.4 Å². The van der Waals surface area contributed by atoms with E-state index in [1.165, 1.54) is 4.31 Å². The molecule has 0 aliphatic heterocycles. The Morgan fingerprint density at radius 1 is 1.08 bits per heavy atom. The number of hydrogen-bond donors (Lipinski definition) is 1. The normalized spacial score (nSPS) is 11.1. The SMILES string of the molecule is CS(=O)(=O)N(CCCC(=O)NCc1ccccc1)c1ccc(Cl)cc1. The highest BCUT2D eigenvalue weighted by molar-refractivity contribution is 7.92. The Hall–Kier alpha value is -2.05. The number of carbonyl (C=O) groups excluding carboxylic acids is 1. The predicted octanol–water partition coefficient (Wildman–Crippen LogP) is 3.20. The van der Waals surface area contributed by atoms with Crippen LogP contribution in [-0.2, 0) is 21.4 Å². The molecule has 0 unspecified atom stereocenters. The van der Waals surface area contributed by atoms with Crippen LogP contribution in [0.2, 0.25) is 5.02 Å². The summed E-state index contributed by atoms with van der Waals surface area (Å²) in [4.78, 5) is 11.9.